The first kappa shape index (κ1) is 14.0. The van der Waals surface area contributed by atoms with Gasteiger partial charge in [-0.1, -0.05) is 31.2 Å². The first-order valence-electron chi connectivity index (χ1n) is 6.80. The van der Waals surface area contributed by atoms with E-state index in [1.54, 1.807) is 7.11 Å². The third-order valence-electron chi connectivity index (χ3n) is 3.68. The number of hydrogen-bond donors (Lipinski definition) is 1. The fourth-order valence-corrected chi connectivity index (χ4v) is 2.33. The predicted octanol–water partition coefficient (Wildman–Crippen LogP) is 2.96. The second-order valence-electron chi connectivity index (χ2n) is 4.95. The molecule has 2 unspecified atom stereocenters. The molecule has 0 saturated carbocycles. The van der Waals surface area contributed by atoms with Gasteiger partial charge < -0.3 is 10.1 Å². The fraction of sp³-hybridized carbons (Fsp3) is 0.438. The minimum absolute atomic E-state index is 0.391. The average molecular weight is 258 g/mol. The predicted molar refractivity (Wildman–Crippen MR) is 79.5 cm³/mol. The van der Waals surface area contributed by atoms with Crippen molar-refractivity contribution in [3.05, 3.63) is 42.1 Å². The molecule has 102 valence electrons. The van der Waals surface area contributed by atoms with Crippen LogP contribution in [-0.2, 0) is 4.74 Å². The zero-order valence-corrected chi connectivity index (χ0v) is 11.9. The lowest BCUT2D eigenvalue weighted by atomic mass is 9.92. The van der Waals surface area contributed by atoms with E-state index in [1.807, 2.05) is 12.3 Å². The number of ether oxygens (including phenoxy) is 1. The lowest BCUT2D eigenvalue weighted by Gasteiger charge is -2.22. The third kappa shape index (κ3) is 3.31. The molecule has 2 atom stereocenters. The van der Waals surface area contributed by atoms with Crippen LogP contribution in [0.25, 0.3) is 10.9 Å². The van der Waals surface area contributed by atoms with Crippen LogP contribution < -0.4 is 5.32 Å². The normalized spacial score (nSPS) is 14.5. The molecule has 19 heavy (non-hydrogen) atoms. The van der Waals surface area contributed by atoms with Crippen LogP contribution in [-0.4, -0.2) is 31.3 Å². The Bertz CT molecular complexity index is 522. The Balaban J connectivity index is 2.18. The highest BCUT2D eigenvalue weighted by atomic mass is 16.5. The maximum Gasteiger partial charge on any atom is 0.0737 e. The Morgan fingerprint density at radius 2 is 2.00 bits per heavy atom. The van der Waals surface area contributed by atoms with Crippen molar-refractivity contribution in [2.75, 3.05) is 20.3 Å². The van der Waals surface area contributed by atoms with E-state index >= 15 is 0 Å². The van der Waals surface area contributed by atoms with Gasteiger partial charge in [0.05, 0.1) is 12.1 Å². The summed E-state index contributed by atoms with van der Waals surface area (Å²) in [6, 6.07) is 10.9. The Morgan fingerprint density at radius 1 is 1.21 bits per heavy atom. The van der Waals surface area contributed by atoms with Gasteiger partial charge in [0.25, 0.3) is 0 Å². The lowest BCUT2D eigenvalue weighted by molar-refractivity contribution is 0.195. The number of methoxy groups -OCH3 is 1. The van der Waals surface area contributed by atoms with Gasteiger partial charge in [-0.15, -0.1) is 0 Å². The van der Waals surface area contributed by atoms with E-state index in [1.165, 1.54) is 10.9 Å². The molecule has 0 aliphatic heterocycles. The summed E-state index contributed by atoms with van der Waals surface area (Å²) in [6.07, 6.45) is 1.86. The average Bonchev–Trinajstić information content (AvgIpc) is 2.46. The third-order valence-corrected chi connectivity index (χ3v) is 3.68. The zero-order valence-electron chi connectivity index (χ0n) is 11.9. The van der Waals surface area contributed by atoms with Crippen molar-refractivity contribution in [2.45, 2.75) is 25.8 Å². The molecule has 0 amide bonds. The molecule has 1 N–H and O–H groups in total. The molecule has 2 rings (SSSR count). The summed E-state index contributed by atoms with van der Waals surface area (Å²) < 4.78 is 5.07. The van der Waals surface area contributed by atoms with Crippen molar-refractivity contribution in [2.24, 2.45) is 0 Å². The minimum Gasteiger partial charge on any atom is -0.383 e. The Kier molecular flexibility index (Phi) is 4.88. The van der Waals surface area contributed by atoms with Crippen molar-refractivity contribution < 1.29 is 4.74 Å². The van der Waals surface area contributed by atoms with E-state index in [0.29, 0.717) is 12.0 Å². The number of benzene rings is 1. The van der Waals surface area contributed by atoms with E-state index in [2.05, 4.69) is 48.4 Å². The van der Waals surface area contributed by atoms with Crippen LogP contribution >= 0.6 is 0 Å². The maximum atomic E-state index is 5.07. The number of fused-ring (bicyclic) bond motifs is 1. The van der Waals surface area contributed by atoms with E-state index < -0.39 is 0 Å². The fourth-order valence-electron chi connectivity index (χ4n) is 2.33. The van der Waals surface area contributed by atoms with Gasteiger partial charge in [0.1, 0.15) is 0 Å². The molecule has 0 bridgehead atoms. The maximum absolute atomic E-state index is 5.07. The van der Waals surface area contributed by atoms with Crippen molar-refractivity contribution >= 4 is 10.9 Å². The van der Waals surface area contributed by atoms with Crippen LogP contribution in [0.3, 0.4) is 0 Å². The molecule has 0 fully saturated rings. The Hall–Kier alpha value is -1.45. The molecule has 0 spiro atoms. The number of hydrogen-bond acceptors (Lipinski definition) is 3. The van der Waals surface area contributed by atoms with Crippen molar-refractivity contribution in [1.82, 2.24) is 10.3 Å². The standard InChI is InChI=1S/C16H22N2O/c1-12(13(2)17-10-11-19-3)15-8-4-6-14-7-5-9-18-16(14)15/h4-9,12-13,17H,10-11H2,1-3H3. The van der Waals surface area contributed by atoms with Crippen LogP contribution in [0.15, 0.2) is 36.5 Å². The highest BCUT2D eigenvalue weighted by Crippen LogP contribution is 2.25. The van der Waals surface area contributed by atoms with Crippen molar-refractivity contribution in [3.8, 4) is 0 Å². The summed E-state index contributed by atoms with van der Waals surface area (Å²) in [6.45, 7) is 6.07. The number of nitrogens with one attached hydrogen (secondary N) is 1. The molecular weight excluding hydrogens is 236 g/mol. The molecular formula is C16H22N2O. The Labute approximate surface area is 115 Å². The summed E-state index contributed by atoms with van der Waals surface area (Å²) in [4.78, 5) is 4.53. The summed E-state index contributed by atoms with van der Waals surface area (Å²) in [7, 11) is 1.73. The van der Waals surface area contributed by atoms with Crippen molar-refractivity contribution in [1.29, 1.82) is 0 Å². The number of rotatable bonds is 6. The van der Waals surface area contributed by atoms with Crippen LogP contribution in [0.4, 0.5) is 0 Å². The van der Waals surface area contributed by atoms with Gasteiger partial charge in [0.2, 0.25) is 0 Å². The van der Waals surface area contributed by atoms with Gasteiger partial charge in [0.15, 0.2) is 0 Å². The quantitative estimate of drug-likeness (QED) is 0.809. The highest BCUT2D eigenvalue weighted by molar-refractivity contribution is 5.82. The molecule has 1 aromatic carbocycles. The number of aromatic nitrogens is 1. The lowest BCUT2D eigenvalue weighted by Crippen LogP contribution is -2.33. The van der Waals surface area contributed by atoms with E-state index in [-0.39, 0.29) is 0 Å². The molecule has 0 aliphatic carbocycles. The van der Waals surface area contributed by atoms with Crippen LogP contribution in [0.5, 0.6) is 0 Å². The summed E-state index contributed by atoms with van der Waals surface area (Å²) in [5.74, 6) is 0.412. The monoisotopic (exact) mass is 258 g/mol. The number of pyridine rings is 1. The smallest absolute Gasteiger partial charge is 0.0737 e. The first-order chi connectivity index (χ1) is 9.24. The van der Waals surface area contributed by atoms with Crippen LogP contribution in [0.1, 0.15) is 25.3 Å². The molecule has 1 heterocycles. The van der Waals surface area contributed by atoms with E-state index in [0.717, 1.165) is 18.7 Å². The summed E-state index contributed by atoms with van der Waals surface area (Å²) in [5.41, 5.74) is 2.41. The molecule has 0 saturated heterocycles. The van der Waals surface area contributed by atoms with Gasteiger partial charge in [-0.05, 0) is 24.5 Å². The minimum atomic E-state index is 0.391. The van der Waals surface area contributed by atoms with Gasteiger partial charge in [-0.3, -0.25) is 4.98 Å². The van der Waals surface area contributed by atoms with Crippen molar-refractivity contribution in [3.63, 3.8) is 0 Å². The Morgan fingerprint density at radius 3 is 2.79 bits per heavy atom. The topological polar surface area (TPSA) is 34.1 Å². The molecule has 3 nitrogen and oxygen atoms in total. The second kappa shape index (κ2) is 6.64. The van der Waals surface area contributed by atoms with Gasteiger partial charge in [-0.25, -0.2) is 0 Å². The summed E-state index contributed by atoms with van der Waals surface area (Å²) >= 11 is 0. The van der Waals surface area contributed by atoms with E-state index in [4.69, 9.17) is 4.74 Å². The molecule has 2 aromatic rings. The number of nitrogens with zero attached hydrogens (tertiary/aromatic N) is 1. The molecule has 1 aromatic heterocycles. The molecule has 0 aliphatic rings. The number of para-hydroxylation sites is 1. The first-order valence-corrected chi connectivity index (χ1v) is 6.80. The second-order valence-corrected chi connectivity index (χ2v) is 4.95. The largest absolute Gasteiger partial charge is 0.383 e. The van der Waals surface area contributed by atoms with Gasteiger partial charge in [-0.2, -0.15) is 0 Å². The van der Waals surface area contributed by atoms with Crippen LogP contribution in [0, 0.1) is 0 Å². The van der Waals surface area contributed by atoms with Gasteiger partial charge >= 0.3 is 0 Å². The molecule has 0 radical (unpaired) electrons. The van der Waals surface area contributed by atoms with E-state index in [9.17, 15) is 0 Å². The molecule has 3 heteroatoms. The highest BCUT2D eigenvalue weighted by Gasteiger charge is 2.16. The summed E-state index contributed by atoms with van der Waals surface area (Å²) in [5, 5.41) is 4.70. The zero-order chi connectivity index (χ0) is 13.7. The SMILES string of the molecule is COCCNC(C)C(C)c1cccc2cccnc12. The van der Waals surface area contributed by atoms with Gasteiger partial charge in [0, 0.05) is 31.3 Å². The van der Waals surface area contributed by atoms with Crippen LogP contribution in [0.2, 0.25) is 0 Å².